The van der Waals surface area contributed by atoms with Crippen molar-refractivity contribution in [1.29, 1.82) is 0 Å². The molecule has 0 radical (unpaired) electrons. The van der Waals surface area contributed by atoms with Crippen molar-refractivity contribution >= 4 is 16.6 Å². The highest BCUT2D eigenvalue weighted by Crippen LogP contribution is 2.32. The highest BCUT2D eigenvalue weighted by atomic mass is 15.1. The van der Waals surface area contributed by atoms with Gasteiger partial charge in [0.2, 0.25) is 0 Å². The SMILES string of the molecule is Cc1ccc2[nH]c3c(c2c1)CCNC3Cc1ccc(N(C)C)cc1. The summed E-state index contributed by atoms with van der Waals surface area (Å²) in [4.78, 5) is 5.81. The molecular weight excluding hydrogens is 294 g/mol. The zero-order valence-corrected chi connectivity index (χ0v) is 14.7. The molecule has 1 atom stereocenters. The number of fused-ring (bicyclic) bond motifs is 3. The minimum Gasteiger partial charge on any atom is -0.378 e. The average molecular weight is 319 g/mol. The molecule has 4 rings (SSSR count). The molecule has 3 nitrogen and oxygen atoms in total. The van der Waals surface area contributed by atoms with Crippen molar-refractivity contribution in [2.45, 2.75) is 25.8 Å². The molecule has 3 heteroatoms. The maximum absolute atomic E-state index is 3.70. The highest BCUT2D eigenvalue weighted by molar-refractivity contribution is 5.85. The van der Waals surface area contributed by atoms with Crippen molar-refractivity contribution in [3.8, 4) is 0 Å². The normalized spacial score (nSPS) is 17.0. The Labute approximate surface area is 143 Å². The van der Waals surface area contributed by atoms with Gasteiger partial charge in [-0.2, -0.15) is 0 Å². The molecule has 0 aliphatic carbocycles. The Kier molecular flexibility index (Phi) is 3.81. The first-order valence-electron chi connectivity index (χ1n) is 8.72. The fourth-order valence-electron chi connectivity index (χ4n) is 3.76. The van der Waals surface area contributed by atoms with Gasteiger partial charge in [0.1, 0.15) is 0 Å². The summed E-state index contributed by atoms with van der Waals surface area (Å²) < 4.78 is 0. The summed E-state index contributed by atoms with van der Waals surface area (Å²) in [5, 5.41) is 5.10. The molecule has 0 amide bonds. The Bertz CT molecular complexity index is 859. The number of aromatic nitrogens is 1. The molecule has 0 fully saturated rings. The third-order valence-corrected chi connectivity index (χ3v) is 5.10. The molecule has 0 spiro atoms. The van der Waals surface area contributed by atoms with E-state index in [1.807, 2.05) is 0 Å². The van der Waals surface area contributed by atoms with Crippen molar-refractivity contribution < 1.29 is 0 Å². The molecular formula is C21H25N3. The number of nitrogens with zero attached hydrogens (tertiary/aromatic N) is 1. The third kappa shape index (κ3) is 2.69. The molecule has 0 bridgehead atoms. The molecule has 124 valence electrons. The number of benzene rings is 2. The monoisotopic (exact) mass is 319 g/mol. The predicted molar refractivity (Wildman–Crippen MR) is 102 cm³/mol. The summed E-state index contributed by atoms with van der Waals surface area (Å²) in [5.74, 6) is 0. The Morgan fingerprint density at radius 3 is 2.62 bits per heavy atom. The van der Waals surface area contributed by atoms with Crippen LogP contribution in [-0.4, -0.2) is 25.6 Å². The molecule has 1 aromatic heterocycles. The first-order valence-corrected chi connectivity index (χ1v) is 8.72. The van der Waals surface area contributed by atoms with E-state index < -0.39 is 0 Å². The molecule has 3 aromatic rings. The zero-order valence-electron chi connectivity index (χ0n) is 14.7. The van der Waals surface area contributed by atoms with Gasteiger partial charge in [0.15, 0.2) is 0 Å². The van der Waals surface area contributed by atoms with E-state index >= 15 is 0 Å². The second-order valence-electron chi connectivity index (χ2n) is 7.09. The molecule has 1 aliphatic heterocycles. The molecule has 24 heavy (non-hydrogen) atoms. The number of anilines is 1. The summed E-state index contributed by atoms with van der Waals surface area (Å²) in [5.41, 5.74) is 8.10. The van der Waals surface area contributed by atoms with Crippen LogP contribution in [-0.2, 0) is 12.8 Å². The van der Waals surface area contributed by atoms with Crippen molar-refractivity contribution in [3.05, 3.63) is 64.8 Å². The van der Waals surface area contributed by atoms with E-state index in [2.05, 4.69) is 78.7 Å². The van der Waals surface area contributed by atoms with E-state index in [1.54, 1.807) is 0 Å². The van der Waals surface area contributed by atoms with E-state index in [4.69, 9.17) is 0 Å². The quantitative estimate of drug-likeness (QED) is 0.765. The number of nitrogens with one attached hydrogen (secondary N) is 2. The van der Waals surface area contributed by atoms with Crippen LogP contribution < -0.4 is 10.2 Å². The molecule has 1 unspecified atom stereocenters. The van der Waals surface area contributed by atoms with Crippen molar-refractivity contribution in [2.24, 2.45) is 0 Å². The lowest BCUT2D eigenvalue weighted by Crippen LogP contribution is -2.31. The van der Waals surface area contributed by atoms with E-state index in [0.717, 1.165) is 19.4 Å². The molecule has 2 N–H and O–H groups in total. The smallest absolute Gasteiger partial charge is 0.0517 e. The van der Waals surface area contributed by atoms with Crippen LogP contribution in [0.1, 0.15) is 28.4 Å². The van der Waals surface area contributed by atoms with Crippen LogP contribution in [0.3, 0.4) is 0 Å². The zero-order chi connectivity index (χ0) is 16.7. The first kappa shape index (κ1) is 15.3. The van der Waals surface area contributed by atoms with Gasteiger partial charge in [-0.3, -0.25) is 0 Å². The van der Waals surface area contributed by atoms with Gasteiger partial charge in [-0.1, -0.05) is 23.8 Å². The maximum Gasteiger partial charge on any atom is 0.0517 e. The molecule has 0 saturated carbocycles. The number of hydrogen-bond acceptors (Lipinski definition) is 2. The van der Waals surface area contributed by atoms with E-state index in [0.29, 0.717) is 6.04 Å². The average Bonchev–Trinajstić information content (AvgIpc) is 2.94. The number of hydrogen-bond donors (Lipinski definition) is 2. The van der Waals surface area contributed by atoms with Crippen LogP contribution in [0.2, 0.25) is 0 Å². The van der Waals surface area contributed by atoms with Crippen LogP contribution >= 0.6 is 0 Å². The van der Waals surface area contributed by atoms with Crippen molar-refractivity contribution in [2.75, 3.05) is 25.5 Å². The highest BCUT2D eigenvalue weighted by Gasteiger charge is 2.24. The molecule has 2 heterocycles. The van der Waals surface area contributed by atoms with E-state index in [9.17, 15) is 0 Å². The van der Waals surface area contributed by atoms with Crippen LogP contribution in [0.4, 0.5) is 5.69 Å². The maximum atomic E-state index is 3.70. The van der Waals surface area contributed by atoms with Crippen LogP contribution in [0.5, 0.6) is 0 Å². The van der Waals surface area contributed by atoms with Crippen molar-refractivity contribution in [3.63, 3.8) is 0 Å². The standard InChI is InChI=1S/C21H25N3/c1-14-4-9-19-18(12-14)17-10-11-22-20(21(17)23-19)13-15-5-7-16(8-6-15)24(2)3/h4-9,12,20,22-23H,10-11,13H2,1-3H3. The Morgan fingerprint density at radius 1 is 1.08 bits per heavy atom. The van der Waals surface area contributed by atoms with Gasteiger partial charge in [-0.05, 0) is 61.7 Å². The molecule has 1 aliphatic rings. The second kappa shape index (κ2) is 5.99. The lowest BCUT2D eigenvalue weighted by molar-refractivity contribution is 0.495. The Morgan fingerprint density at radius 2 is 1.88 bits per heavy atom. The number of aromatic amines is 1. The molecule has 0 saturated heterocycles. The topological polar surface area (TPSA) is 31.1 Å². The predicted octanol–water partition coefficient (Wildman–Crippen LogP) is 3.97. The summed E-state index contributed by atoms with van der Waals surface area (Å²) >= 11 is 0. The fraction of sp³-hybridized carbons (Fsp3) is 0.333. The van der Waals surface area contributed by atoms with Gasteiger partial charge in [0.05, 0.1) is 6.04 Å². The Hall–Kier alpha value is -2.26. The second-order valence-corrected chi connectivity index (χ2v) is 7.09. The molecule has 2 aromatic carbocycles. The largest absolute Gasteiger partial charge is 0.378 e. The Balaban J connectivity index is 1.65. The number of rotatable bonds is 3. The van der Waals surface area contributed by atoms with E-state index in [-0.39, 0.29) is 0 Å². The number of H-pyrrole nitrogens is 1. The van der Waals surface area contributed by atoms with Gasteiger partial charge >= 0.3 is 0 Å². The van der Waals surface area contributed by atoms with Crippen LogP contribution in [0, 0.1) is 6.92 Å². The minimum absolute atomic E-state index is 0.367. The summed E-state index contributed by atoms with van der Waals surface area (Å²) in [6.07, 6.45) is 2.13. The number of aryl methyl sites for hydroxylation is 1. The van der Waals surface area contributed by atoms with Gasteiger partial charge in [0.25, 0.3) is 0 Å². The van der Waals surface area contributed by atoms with Crippen LogP contribution in [0.15, 0.2) is 42.5 Å². The van der Waals surface area contributed by atoms with Crippen LogP contribution in [0.25, 0.3) is 10.9 Å². The fourth-order valence-corrected chi connectivity index (χ4v) is 3.76. The van der Waals surface area contributed by atoms with Gasteiger partial charge < -0.3 is 15.2 Å². The first-order chi connectivity index (χ1) is 11.6. The third-order valence-electron chi connectivity index (χ3n) is 5.10. The van der Waals surface area contributed by atoms with E-state index in [1.165, 1.54) is 39.0 Å². The van der Waals surface area contributed by atoms with Gasteiger partial charge in [0, 0.05) is 36.4 Å². The summed E-state index contributed by atoms with van der Waals surface area (Å²) in [6.45, 7) is 3.22. The van der Waals surface area contributed by atoms with Gasteiger partial charge in [-0.15, -0.1) is 0 Å². The summed E-state index contributed by atoms with van der Waals surface area (Å²) in [6, 6.07) is 16.0. The summed E-state index contributed by atoms with van der Waals surface area (Å²) in [7, 11) is 4.16. The van der Waals surface area contributed by atoms with Crippen molar-refractivity contribution in [1.82, 2.24) is 10.3 Å². The van der Waals surface area contributed by atoms with Gasteiger partial charge in [-0.25, -0.2) is 0 Å². The minimum atomic E-state index is 0.367. The lowest BCUT2D eigenvalue weighted by atomic mass is 9.94. The lowest BCUT2D eigenvalue weighted by Gasteiger charge is -2.25.